The standard InChI is InChI=1S/C32H35NO2/c1-18(2)15-27-19(3)22-11-12-25-29(31(22)35-27)28-26(34-25)13-14-33-30(28)21-16-20-9-7-8-10-23(20)24(17-21)32(4,5)6/h7-12,16-19,27H,13-15H2,1-6H3. The Morgan fingerprint density at radius 3 is 2.63 bits per heavy atom. The highest BCUT2D eigenvalue weighted by molar-refractivity contribution is 6.22. The van der Waals surface area contributed by atoms with Crippen molar-refractivity contribution in [2.24, 2.45) is 10.9 Å². The minimum atomic E-state index is 0.0238. The van der Waals surface area contributed by atoms with Crippen molar-refractivity contribution in [3.05, 3.63) is 76.5 Å². The number of rotatable bonds is 3. The van der Waals surface area contributed by atoms with Gasteiger partial charge in [-0.15, -0.1) is 0 Å². The molecule has 0 amide bonds. The maximum Gasteiger partial charge on any atom is 0.138 e. The highest BCUT2D eigenvalue weighted by atomic mass is 16.5. The van der Waals surface area contributed by atoms with Crippen LogP contribution in [-0.4, -0.2) is 18.4 Å². The summed E-state index contributed by atoms with van der Waals surface area (Å²) in [6, 6.07) is 17.7. The fraction of sp³-hybridized carbons (Fsp3) is 0.406. The predicted octanol–water partition coefficient (Wildman–Crippen LogP) is 8.19. The van der Waals surface area contributed by atoms with Crippen molar-refractivity contribution in [3.8, 4) is 5.75 Å². The van der Waals surface area contributed by atoms with Crippen LogP contribution in [0.15, 0.2) is 57.9 Å². The molecule has 0 radical (unpaired) electrons. The van der Waals surface area contributed by atoms with Gasteiger partial charge in [0.15, 0.2) is 0 Å². The fourth-order valence-corrected chi connectivity index (χ4v) is 5.96. The first-order chi connectivity index (χ1) is 16.7. The molecule has 2 aliphatic heterocycles. The van der Waals surface area contributed by atoms with E-state index in [9.17, 15) is 0 Å². The van der Waals surface area contributed by atoms with Crippen LogP contribution < -0.4 is 4.74 Å². The minimum absolute atomic E-state index is 0.0238. The van der Waals surface area contributed by atoms with Gasteiger partial charge in [-0.05, 0) is 52.3 Å². The monoisotopic (exact) mass is 465 g/mol. The van der Waals surface area contributed by atoms with Crippen molar-refractivity contribution in [2.75, 3.05) is 6.54 Å². The molecule has 0 aliphatic carbocycles. The van der Waals surface area contributed by atoms with Crippen LogP contribution in [0.2, 0.25) is 0 Å². The first-order valence-electron chi connectivity index (χ1n) is 13.1. The number of aliphatic imine (C=N–C) groups is 1. The average Bonchev–Trinajstić information content (AvgIpc) is 3.34. The number of benzene rings is 3. The van der Waals surface area contributed by atoms with Gasteiger partial charge in [-0.2, -0.15) is 0 Å². The molecule has 2 aliphatic rings. The van der Waals surface area contributed by atoms with E-state index in [2.05, 4.69) is 90.1 Å². The Labute approximate surface area is 208 Å². The van der Waals surface area contributed by atoms with Crippen LogP contribution in [0.1, 0.15) is 81.9 Å². The van der Waals surface area contributed by atoms with Gasteiger partial charge >= 0.3 is 0 Å². The summed E-state index contributed by atoms with van der Waals surface area (Å²) in [5.41, 5.74) is 6.92. The highest BCUT2D eigenvalue weighted by Gasteiger charge is 2.36. The van der Waals surface area contributed by atoms with E-state index < -0.39 is 0 Å². The molecule has 2 unspecified atom stereocenters. The number of fused-ring (bicyclic) bond motifs is 6. The van der Waals surface area contributed by atoms with E-state index in [0.29, 0.717) is 11.8 Å². The van der Waals surface area contributed by atoms with E-state index in [4.69, 9.17) is 14.1 Å². The molecule has 1 aromatic heterocycles. The van der Waals surface area contributed by atoms with E-state index in [0.717, 1.165) is 53.1 Å². The van der Waals surface area contributed by atoms with Gasteiger partial charge in [0.05, 0.1) is 16.7 Å². The lowest BCUT2D eigenvalue weighted by molar-refractivity contribution is 0.183. The Balaban J connectivity index is 1.56. The third-order valence-corrected chi connectivity index (χ3v) is 7.72. The highest BCUT2D eigenvalue weighted by Crippen LogP contribution is 2.48. The van der Waals surface area contributed by atoms with E-state index >= 15 is 0 Å². The van der Waals surface area contributed by atoms with Crippen molar-refractivity contribution in [1.29, 1.82) is 0 Å². The lowest BCUT2D eigenvalue weighted by atomic mass is 9.81. The SMILES string of the molecule is CC(C)CC1Oc2c(ccc3oc4c(c23)C(c2cc(C(C)(C)C)c3ccccc3c2)=NCC4)C1C. The molecule has 0 fully saturated rings. The normalized spacial score (nSPS) is 19.7. The average molecular weight is 466 g/mol. The number of hydrogen-bond acceptors (Lipinski definition) is 3. The van der Waals surface area contributed by atoms with Gasteiger partial charge in [-0.25, -0.2) is 0 Å². The number of hydrogen-bond donors (Lipinski definition) is 0. The maximum absolute atomic E-state index is 6.69. The summed E-state index contributed by atoms with van der Waals surface area (Å²) in [7, 11) is 0. The topological polar surface area (TPSA) is 34.7 Å². The molecule has 3 aromatic carbocycles. The Kier molecular flexibility index (Phi) is 5.11. The fourth-order valence-electron chi connectivity index (χ4n) is 5.96. The summed E-state index contributed by atoms with van der Waals surface area (Å²) in [6.45, 7) is 14.4. The van der Waals surface area contributed by atoms with Crippen molar-refractivity contribution >= 4 is 27.5 Å². The summed E-state index contributed by atoms with van der Waals surface area (Å²) in [6.07, 6.45) is 2.09. The van der Waals surface area contributed by atoms with Crippen molar-refractivity contribution in [2.45, 2.75) is 71.8 Å². The van der Waals surface area contributed by atoms with E-state index in [-0.39, 0.29) is 11.5 Å². The Bertz CT molecular complexity index is 1480. The molecule has 3 heteroatoms. The predicted molar refractivity (Wildman–Crippen MR) is 145 cm³/mol. The van der Waals surface area contributed by atoms with Crippen LogP contribution in [0.25, 0.3) is 21.7 Å². The lowest BCUT2D eigenvalue weighted by Crippen LogP contribution is -2.19. The summed E-state index contributed by atoms with van der Waals surface area (Å²) in [4.78, 5) is 5.11. The molecule has 35 heavy (non-hydrogen) atoms. The number of ether oxygens (including phenoxy) is 1. The summed E-state index contributed by atoms with van der Waals surface area (Å²) < 4.78 is 13.1. The molecule has 0 saturated heterocycles. The van der Waals surface area contributed by atoms with Crippen molar-refractivity contribution in [1.82, 2.24) is 0 Å². The second-order valence-corrected chi connectivity index (χ2v) is 11.8. The minimum Gasteiger partial charge on any atom is -0.489 e. The Morgan fingerprint density at radius 1 is 1.06 bits per heavy atom. The van der Waals surface area contributed by atoms with Crippen LogP contribution in [0, 0.1) is 5.92 Å². The first kappa shape index (κ1) is 22.4. The molecule has 3 nitrogen and oxygen atoms in total. The van der Waals surface area contributed by atoms with Gasteiger partial charge in [0.25, 0.3) is 0 Å². The summed E-state index contributed by atoms with van der Waals surface area (Å²) in [5, 5.41) is 3.68. The van der Waals surface area contributed by atoms with E-state index in [1.54, 1.807) is 0 Å². The molecule has 0 N–H and O–H groups in total. The molecule has 0 saturated carbocycles. The molecule has 0 spiro atoms. The Hall–Kier alpha value is -3.07. The third kappa shape index (κ3) is 3.59. The van der Waals surface area contributed by atoms with Crippen LogP contribution in [0.5, 0.6) is 5.75 Å². The number of nitrogens with zero attached hydrogens (tertiary/aromatic N) is 1. The molecule has 0 bridgehead atoms. The van der Waals surface area contributed by atoms with Crippen LogP contribution >= 0.6 is 0 Å². The quantitative estimate of drug-likeness (QED) is 0.306. The van der Waals surface area contributed by atoms with Crippen LogP contribution in [0.4, 0.5) is 0 Å². The largest absolute Gasteiger partial charge is 0.489 e. The summed E-state index contributed by atoms with van der Waals surface area (Å²) >= 11 is 0. The van der Waals surface area contributed by atoms with Crippen LogP contribution in [-0.2, 0) is 11.8 Å². The third-order valence-electron chi connectivity index (χ3n) is 7.72. The zero-order chi connectivity index (χ0) is 24.5. The zero-order valence-corrected chi connectivity index (χ0v) is 21.7. The first-order valence-corrected chi connectivity index (χ1v) is 13.1. The summed E-state index contributed by atoms with van der Waals surface area (Å²) in [5.74, 6) is 3.01. The molecular formula is C32H35NO2. The van der Waals surface area contributed by atoms with E-state index in [1.165, 1.54) is 27.5 Å². The Morgan fingerprint density at radius 2 is 1.86 bits per heavy atom. The van der Waals surface area contributed by atoms with Gasteiger partial charge < -0.3 is 9.15 Å². The molecular weight excluding hydrogens is 430 g/mol. The van der Waals surface area contributed by atoms with Crippen molar-refractivity contribution < 1.29 is 9.15 Å². The van der Waals surface area contributed by atoms with Gasteiger partial charge in [0.2, 0.25) is 0 Å². The maximum atomic E-state index is 6.69. The van der Waals surface area contributed by atoms with Crippen molar-refractivity contribution in [3.63, 3.8) is 0 Å². The lowest BCUT2D eigenvalue weighted by Gasteiger charge is -2.24. The molecule has 180 valence electrons. The second kappa shape index (κ2) is 7.98. The van der Waals surface area contributed by atoms with Gasteiger partial charge in [-0.1, -0.05) is 71.9 Å². The van der Waals surface area contributed by atoms with E-state index in [1.807, 2.05) is 0 Å². The van der Waals surface area contributed by atoms with Gasteiger partial charge in [0, 0.05) is 30.0 Å². The van der Waals surface area contributed by atoms with Gasteiger partial charge in [-0.3, -0.25) is 4.99 Å². The van der Waals surface area contributed by atoms with Crippen LogP contribution in [0.3, 0.4) is 0 Å². The number of furan rings is 1. The second-order valence-electron chi connectivity index (χ2n) is 11.8. The smallest absolute Gasteiger partial charge is 0.138 e. The molecule has 4 aromatic rings. The molecule has 3 heterocycles. The van der Waals surface area contributed by atoms with Gasteiger partial charge in [0.1, 0.15) is 23.2 Å². The molecule has 2 atom stereocenters. The zero-order valence-electron chi connectivity index (χ0n) is 21.7. The molecule has 6 rings (SSSR count).